The Kier molecular flexibility index (Phi) is 9.05. The van der Waals surface area contributed by atoms with Gasteiger partial charge in [-0.2, -0.15) is 0 Å². The van der Waals surface area contributed by atoms with E-state index in [2.05, 4.69) is 12.8 Å². The van der Waals surface area contributed by atoms with Gasteiger partial charge in [-0.15, -0.1) is 12.8 Å². The van der Waals surface area contributed by atoms with Gasteiger partial charge < -0.3 is 25.2 Å². The Balaban J connectivity index is 0.00000134. The van der Waals surface area contributed by atoms with E-state index in [0.29, 0.717) is 5.56 Å². The molecule has 1 heterocycles. The van der Waals surface area contributed by atoms with Crippen molar-refractivity contribution in [1.82, 2.24) is 0 Å². The summed E-state index contributed by atoms with van der Waals surface area (Å²) in [5, 5.41) is 37.3. The van der Waals surface area contributed by atoms with Crippen LogP contribution in [0.1, 0.15) is 32.8 Å². The first kappa shape index (κ1) is 21.7. The number of carbonyl (C=O) groups is 1. The number of aromatic hydroxyl groups is 2. The molecule has 0 aromatic heterocycles. The lowest BCUT2D eigenvalue weighted by Gasteiger charge is -2.17. The SMILES string of the molecule is C#C.C/C(O)=C(O)\C=C1/CC(=O)C=C(c2ccc(O)c(O)c2)O1.CC. The van der Waals surface area contributed by atoms with E-state index in [1.54, 1.807) is 0 Å². The van der Waals surface area contributed by atoms with Crippen molar-refractivity contribution in [2.45, 2.75) is 27.2 Å². The molecule has 0 fully saturated rings. The number of rotatable bonds is 2. The normalized spacial score (nSPS) is 15.5. The van der Waals surface area contributed by atoms with Gasteiger partial charge in [-0.1, -0.05) is 13.8 Å². The van der Waals surface area contributed by atoms with Crippen molar-refractivity contribution in [2.75, 3.05) is 0 Å². The molecule has 0 saturated heterocycles. The summed E-state index contributed by atoms with van der Waals surface area (Å²) in [6.07, 6.45) is 10.4. The van der Waals surface area contributed by atoms with Crippen LogP contribution in [0.5, 0.6) is 11.5 Å². The highest BCUT2D eigenvalue weighted by atomic mass is 16.5. The summed E-state index contributed by atoms with van der Waals surface area (Å²) < 4.78 is 5.46. The van der Waals surface area contributed by atoms with Gasteiger partial charge in [-0.05, 0) is 25.1 Å². The van der Waals surface area contributed by atoms with Crippen LogP contribution in [0, 0.1) is 12.8 Å². The van der Waals surface area contributed by atoms with E-state index in [1.807, 2.05) is 13.8 Å². The quantitative estimate of drug-likeness (QED) is 0.367. The van der Waals surface area contributed by atoms with E-state index in [9.17, 15) is 20.1 Å². The minimum Gasteiger partial charge on any atom is -0.509 e. The molecule has 0 bridgehead atoms. The van der Waals surface area contributed by atoms with Gasteiger partial charge in [0.2, 0.25) is 0 Å². The fourth-order valence-corrected chi connectivity index (χ4v) is 1.73. The van der Waals surface area contributed by atoms with Gasteiger partial charge >= 0.3 is 0 Å². The van der Waals surface area contributed by atoms with Crippen LogP contribution < -0.4 is 0 Å². The van der Waals surface area contributed by atoms with Crippen LogP contribution >= 0.6 is 0 Å². The van der Waals surface area contributed by atoms with Crippen molar-refractivity contribution in [3.63, 3.8) is 0 Å². The summed E-state index contributed by atoms with van der Waals surface area (Å²) >= 11 is 0. The highest BCUT2D eigenvalue weighted by Crippen LogP contribution is 2.32. The van der Waals surface area contributed by atoms with Crippen LogP contribution in [0.2, 0.25) is 0 Å². The molecule has 0 unspecified atom stereocenters. The van der Waals surface area contributed by atoms with Gasteiger partial charge in [0.1, 0.15) is 17.3 Å². The van der Waals surface area contributed by atoms with E-state index in [4.69, 9.17) is 9.84 Å². The Labute approximate surface area is 147 Å². The van der Waals surface area contributed by atoms with Crippen LogP contribution in [-0.2, 0) is 9.53 Å². The number of hydrogen-bond acceptors (Lipinski definition) is 6. The Morgan fingerprint density at radius 3 is 2.28 bits per heavy atom. The van der Waals surface area contributed by atoms with Gasteiger partial charge in [0, 0.05) is 17.7 Å². The van der Waals surface area contributed by atoms with Crippen molar-refractivity contribution < 1.29 is 30.0 Å². The van der Waals surface area contributed by atoms with Crippen molar-refractivity contribution in [3.8, 4) is 24.3 Å². The Morgan fingerprint density at radius 2 is 1.76 bits per heavy atom. The zero-order valence-corrected chi connectivity index (χ0v) is 14.4. The van der Waals surface area contributed by atoms with Gasteiger partial charge in [0.15, 0.2) is 23.0 Å². The predicted octanol–water partition coefficient (Wildman–Crippen LogP) is 3.94. The lowest BCUT2D eigenvalue weighted by molar-refractivity contribution is -0.114. The second-order valence-electron chi connectivity index (χ2n) is 4.54. The molecule has 0 amide bonds. The average molecular weight is 346 g/mol. The second-order valence-corrected chi connectivity index (χ2v) is 4.54. The number of ether oxygens (including phenoxy) is 1. The third kappa shape index (κ3) is 6.36. The fraction of sp³-hybridized carbons (Fsp3) is 0.211. The number of ketones is 1. The summed E-state index contributed by atoms with van der Waals surface area (Å²) in [5.74, 6) is -1.22. The molecule has 6 heteroatoms. The Hall–Kier alpha value is -3.33. The summed E-state index contributed by atoms with van der Waals surface area (Å²) in [5.41, 5.74) is 0.397. The zero-order valence-electron chi connectivity index (χ0n) is 14.4. The van der Waals surface area contributed by atoms with E-state index >= 15 is 0 Å². The number of phenolic OH excluding ortho intramolecular Hbond substituents is 2. The Bertz CT molecular complexity index is 719. The number of allylic oxidation sites excluding steroid dienone is 4. The topological polar surface area (TPSA) is 107 Å². The minimum absolute atomic E-state index is 0.0507. The maximum atomic E-state index is 11.7. The van der Waals surface area contributed by atoms with E-state index in [0.717, 1.165) is 6.08 Å². The van der Waals surface area contributed by atoms with Crippen LogP contribution in [0.3, 0.4) is 0 Å². The first-order valence-corrected chi connectivity index (χ1v) is 7.44. The van der Waals surface area contributed by atoms with Crippen molar-refractivity contribution in [3.05, 3.63) is 53.2 Å². The number of phenols is 2. The number of hydrogen-bond donors (Lipinski definition) is 4. The largest absolute Gasteiger partial charge is 0.509 e. The summed E-state index contributed by atoms with van der Waals surface area (Å²) in [6, 6.07) is 4.00. The molecular formula is C19H22O6. The second kappa shape index (κ2) is 10.4. The Morgan fingerprint density at radius 1 is 1.16 bits per heavy atom. The molecule has 0 spiro atoms. The van der Waals surface area contributed by atoms with Crippen LogP contribution in [0.4, 0.5) is 0 Å². The van der Waals surface area contributed by atoms with Crippen LogP contribution in [-0.4, -0.2) is 26.2 Å². The molecule has 0 saturated carbocycles. The van der Waals surface area contributed by atoms with Gasteiger partial charge in [0.05, 0.1) is 6.42 Å². The highest BCUT2D eigenvalue weighted by Gasteiger charge is 2.19. The third-order valence-electron chi connectivity index (χ3n) is 2.81. The first-order chi connectivity index (χ1) is 11.9. The number of benzene rings is 1. The molecule has 2 rings (SSSR count). The van der Waals surface area contributed by atoms with Gasteiger partial charge in [-0.3, -0.25) is 4.79 Å². The maximum Gasteiger partial charge on any atom is 0.166 e. The molecule has 134 valence electrons. The van der Waals surface area contributed by atoms with Crippen molar-refractivity contribution >= 4 is 11.5 Å². The molecule has 1 aromatic carbocycles. The maximum absolute atomic E-state index is 11.7. The van der Waals surface area contributed by atoms with Gasteiger partial charge in [-0.25, -0.2) is 0 Å². The molecular weight excluding hydrogens is 324 g/mol. The number of aliphatic hydroxyl groups is 2. The zero-order chi connectivity index (χ0) is 19.6. The lowest BCUT2D eigenvalue weighted by atomic mass is 10.1. The molecule has 0 radical (unpaired) electrons. The van der Waals surface area contributed by atoms with E-state index < -0.39 is 5.76 Å². The molecule has 1 aliphatic heterocycles. The number of carbonyl (C=O) groups excluding carboxylic acids is 1. The summed E-state index contributed by atoms with van der Waals surface area (Å²) in [4.78, 5) is 11.7. The van der Waals surface area contributed by atoms with Crippen molar-refractivity contribution in [2.24, 2.45) is 0 Å². The number of aliphatic hydroxyl groups excluding tert-OH is 2. The standard InChI is InChI=1S/C15H14O6.C2H6.C2H2/c1-8(16)13(19)7-11-5-10(17)6-15(21-11)9-2-3-12(18)14(20)4-9;2*1-2/h2-4,6-7,16,18-20H,5H2,1H3;1-2H3;1-2H/b11-7+,13-8-;;. The molecule has 0 aliphatic carbocycles. The molecule has 0 atom stereocenters. The average Bonchev–Trinajstić information content (AvgIpc) is 2.60. The predicted molar refractivity (Wildman–Crippen MR) is 95.7 cm³/mol. The molecule has 1 aliphatic rings. The molecule has 6 nitrogen and oxygen atoms in total. The van der Waals surface area contributed by atoms with Crippen molar-refractivity contribution in [1.29, 1.82) is 0 Å². The number of terminal acetylenes is 1. The smallest absolute Gasteiger partial charge is 0.166 e. The summed E-state index contributed by atoms with van der Waals surface area (Å²) in [7, 11) is 0. The van der Waals surface area contributed by atoms with Crippen LogP contribution in [0.15, 0.2) is 47.6 Å². The summed E-state index contributed by atoms with van der Waals surface area (Å²) in [6.45, 7) is 5.30. The molecule has 25 heavy (non-hydrogen) atoms. The first-order valence-electron chi connectivity index (χ1n) is 7.44. The van der Waals surface area contributed by atoms with E-state index in [1.165, 1.54) is 31.2 Å². The van der Waals surface area contributed by atoms with Crippen LogP contribution in [0.25, 0.3) is 5.76 Å². The van der Waals surface area contributed by atoms with E-state index in [-0.39, 0.29) is 41.0 Å². The molecule has 1 aromatic rings. The lowest BCUT2D eigenvalue weighted by Crippen LogP contribution is -2.08. The highest BCUT2D eigenvalue weighted by molar-refractivity contribution is 5.98. The van der Waals surface area contributed by atoms with Gasteiger partial charge in [0.25, 0.3) is 0 Å². The monoisotopic (exact) mass is 346 g/mol. The fourth-order valence-electron chi connectivity index (χ4n) is 1.73. The third-order valence-corrected chi connectivity index (χ3v) is 2.81. The minimum atomic E-state index is -0.396. The molecule has 4 N–H and O–H groups in total.